The van der Waals surface area contributed by atoms with Crippen LogP contribution in [0.2, 0.25) is 0 Å². The summed E-state index contributed by atoms with van der Waals surface area (Å²) in [6.07, 6.45) is 0.496. The van der Waals surface area contributed by atoms with Crippen LogP contribution in [0.4, 0.5) is 0 Å². The van der Waals surface area contributed by atoms with Gasteiger partial charge in [-0.2, -0.15) is 0 Å². The van der Waals surface area contributed by atoms with E-state index in [0.717, 1.165) is 4.90 Å². The molecule has 0 spiro atoms. The lowest BCUT2D eigenvalue weighted by atomic mass is 10.2. The summed E-state index contributed by atoms with van der Waals surface area (Å²) in [4.78, 5) is 32.6. The van der Waals surface area contributed by atoms with Crippen LogP contribution in [0.15, 0.2) is 34.3 Å². The number of carbonyl (C=O) groups excluding carboxylic acids is 1. The molecule has 0 radical (unpaired) electrons. The molecule has 1 aromatic carbocycles. The van der Waals surface area contributed by atoms with E-state index >= 15 is 0 Å². The highest BCUT2D eigenvalue weighted by molar-refractivity contribution is 8.00. The molecule has 0 saturated carbocycles. The standard InChI is InChI=1S/C11H11NO4S/c1-2-9(10(13)12-16)17-8-5-3-7(4-6-8)11(14)15/h3-6,9H,2H2,1H3,(H,14,15). The van der Waals surface area contributed by atoms with Gasteiger partial charge in [-0.1, -0.05) is 6.92 Å². The highest BCUT2D eigenvalue weighted by Crippen LogP contribution is 2.26. The van der Waals surface area contributed by atoms with E-state index in [9.17, 15) is 14.5 Å². The quantitative estimate of drug-likeness (QED) is 0.644. The van der Waals surface area contributed by atoms with Gasteiger partial charge in [-0.25, -0.2) is 4.79 Å². The van der Waals surface area contributed by atoms with Gasteiger partial charge in [-0.15, -0.1) is 16.7 Å². The predicted molar refractivity (Wildman–Crippen MR) is 64.1 cm³/mol. The molecule has 0 fully saturated rings. The van der Waals surface area contributed by atoms with Gasteiger partial charge in [0.25, 0.3) is 5.91 Å². The maximum atomic E-state index is 11.1. The first-order valence-corrected chi connectivity index (χ1v) is 5.83. The lowest BCUT2D eigenvalue weighted by molar-refractivity contribution is -0.117. The molecule has 0 aliphatic heterocycles. The highest BCUT2D eigenvalue weighted by Gasteiger charge is 2.18. The summed E-state index contributed by atoms with van der Waals surface area (Å²) in [5.41, 5.74) is 0.183. The lowest BCUT2D eigenvalue weighted by Crippen LogP contribution is -2.12. The third kappa shape index (κ3) is 3.67. The summed E-state index contributed by atoms with van der Waals surface area (Å²) in [6, 6.07) is 6.12. The molecule has 0 aromatic heterocycles. The Hall–Kier alpha value is -1.69. The minimum absolute atomic E-state index is 0.183. The Morgan fingerprint density at radius 2 is 1.94 bits per heavy atom. The fourth-order valence-electron chi connectivity index (χ4n) is 1.21. The van der Waals surface area contributed by atoms with Crippen molar-refractivity contribution in [2.75, 3.05) is 0 Å². The van der Waals surface area contributed by atoms with Gasteiger partial charge in [0.1, 0.15) is 0 Å². The van der Waals surface area contributed by atoms with Crippen LogP contribution in [0.3, 0.4) is 0 Å². The van der Waals surface area contributed by atoms with Crippen LogP contribution < -0.4 is 0 Å². The second kappa shape index (κ2) is 6.15. The fraction of sp³-hybridized carbons (Fsp3) is 0.273. The number of carbonyl (C=O) groups is 2. The molecule has 0 aliphatic rings. The van der Waals surface area contributed by atoms with Crippen LogP contribution in [0.25, 0.3) is 0 Å². The van der Waals surface area contributed by atoms with Crippen molar-refractivity contribution in [1.82, 2.24) is 0 Å². The van der Waals surface area contributed by atoms with E-state index in [1.807, 2.05) is 0 Å². The summed E-state index contributed by atoms with van der Waals surface area (Å²) < 4.78 is 0. The topological polar surface area (TPSA) is 83.8 Å². The molecule has 1 rings (SSSR count). The smallest absolute Gasteiger partial charge is 0.335 e. The zero-order valence-electron chi connectivity index (χ0n) is 9.12. The number of benzene rings is 1. The van der Waals surface area contributed by atoms with Crippen molar-refractivity contribution in [3.63, 3.8) is 0 Å². The van der Waals surface area contributed by atoms with Crippen molar-refractivity contribution in [2.45, 2.75) is 23.5 Å². The van der Waals surface area contributed by atoms with E-state index in [2.05, 4.69) is 5.18 Å². The zero-order chi connectivity index (χ0) is 12.8. The van der Waals surface area contributed by atoms with Crippen LogP contribution in [0.5, 0.6) is 0 Å². The van der Waals surface area contributed by atoms with Crippen molar-refractivity contribution >= 4 is 23.6 Å². The number of amides is 1. The molecule has 1 unspecified atom stereocenters. The molecule has 1 atom stereocenters. The van der Waals surface area contributed by atoms with E-state index in [1.54, 1.807) is 19.1 Å². The Balaban J connectivity index is 2.77. The highest BCUT2D eigenvalue weighted by atomic mass is 32.2. The molecule has 17 heavy (non-hydrogen) atoms. The van der Waals surface area contributed by atoms with Gasteiger partial charge in [0.2, 0.25) is 0 Å². The number of hydrogen-bond donors (Lipinski definition) is 1. The first-order valence-electron chi connectivity index (χ1n) is 4.95. The van der Waals surface area contributed by atoms with E-state index in [1.165, 1.54) is 23.9 Å². The number of carboxylic acids is 1. The van der Waals surface area contributed by atoms with Crippen LogP contribution >= 0.6 is 11.8 Å². The molecular weight excluding hydrogens is 242 g/mol. The first-order chi connectivity index (χ1) is 8.08. The number of hydrogen-bond acceptors (Lipinski definition) is 4. The van der Waals surface area contributed by atoms with Crippen molar-refractivity contribution in [2.24, 2.45) is 5.18 Å². The number of nitrogens with zero attached hydrogens (tertiary/aromatic N) is 1. The summed E-state index contributed by atoms with van der Waals surface area (Å²) in [7, 11) is 0. The lowest BCUT2D eigenvalue weighted by Gasteiger charge is -2.08. The molecule has 1 aromatic rings. The fourth-order valence-corrected chi connectivity index (χ4v) is 2.14. The van der Waals surface area contributed by atoms with Gasteiger partial charge in [0.05, 0.1) is 10.8 Å². The molecule has 90 valence electrons. The number of rotatable bonds is 5. The van der Waals surface area contributed by atoms with Crippen molar-refractivity contribution in [3.05, 3.63) is 34.7 Å². The van der Waals surface area contributed by atoms with E-state index in [0.29, 0.717) is 6.42 Å². The number of aromatic carboxylic acids is 1. The largest absolute Gasteiger partial charge is 0.478 e. The average molecular weight is 253 g/mol. The minimum atomic E-state index is -1.00. The van der Waals surface area contributed by atoms with Crippen LogP contribution in [-0.4, -0.2) is 22.2 Å². The summed E-state index contributed by atoms with van der Waals surface area (Å²) in [6.45, 7) is 1.78. The second-order valence-corrected chi connectivity index (χ2v) is 4.55. The van der Waals surface area contributed by atoms with Crippen molar-refractivity contribution < 1.29 is 14.7 Å². The van der Waals surface area contributed by atoms with Crippen molar-refractivity contribution in [1.29, 1.82) is 0 Å². The van der Waals surface area contributed by atoms with Crippen LogP contribution in [0, 0.1) is 4.91 Å². The number of carboxylic acid groups (broad SMARTS) is 1. The summed E-state index contributed by atoms with van der Waals surface area (Å²) in [5, 5.41) is 10.6. The molecule has 6 heteroatoms. The third-order valence-electron chi connectivity index (χ3n) is 2.12. The average Bonchev–Trinajstić information content (AvgIpc) is 2.35. The monoisotopic (exact) mass is 253 g/mol. The van der Waals surface area contributed by atoms with E-state index < -0.39 is 17.1 Å². The number of thioether (sulfide) groups is 1. The molecular formula is C11H11NO4S. The van der Waals surface area contributed by atoms with Gasteiger partial charge in [0, 0.05) is 10.1 Å². The number of nitroso groups, excluding NO2 is 1. The van der Waals surface area contributed by atoms with Crippen molar-refractivity contribution in [3.8, 4) is 0 Å². The first kappa shape index (κ1) is 13.4. The third-order valence-corrected chi connectivity index (χ3v) is 3.48. The maximum Gasteiger partial charge on any atom is 0.335 e. The van der Waals surface area contributed by atoms with Crippen LogP contribution in [-0.2, 0) is 4.79 Å². The zero-order valence-corrected chi connectivity index (χ0v) is 9.94. The Kier molecular flexibility index (Phi) is 4.84. The summed E-state index contributed by atoms with van der Waals surface area (Å²) in [5.74, 6) is -1.70. The molecule has 5 nitrogen and oxygen atoms in total. The van der Waals surface area contributed by atoms with Gasteiger partial charge >= 0.3 is 5.97 Å². The molecule has 0 saturated heterocycles. The molecule has 0 bridgehead atoms. The predicted octanol–water partition coefficient (Wildman–Crippen LogP) is 2.55. The maximum absolute atomic E-state index is 11.1. The SMILES string of the molecule is CCC(Sc1ccc(C(=O)O)cc1)C(=O)N=O. The molecule has 0 aliphatic carbocycles. The Morgan fingerprint density at radius 3 is 2.35 bits per heavy atom. The van der Waals surface area contributed by atoms with Crippen LogP contribution in [0.1, 0.15) is 23.7 Å². The Morgan fingerprint density at radius 1 is 1.35 bits per heavy atom. The minimum Gasteiger partial charge on any atom is -0.478 e. The summed E-state index contributed by atoms with van der Waals surface area (Å²) >= 11 is 1.21. The van der Waals surface area contributed by atoms with Gasteiger partial charge in [-0.05, 0) is 30.7 Å². The van der Waals surface area contributed by atoms with E-state index in [4.69, 9.17) is 5.11 Å². The van der Waals surface area contributed by atoms with Gasteiger partial charge in [-0.3, -0.25) is 4.79 Å². The second-order valence-electron chi connectivity index (χ2n) is 3.27. The van der Waals surface area contributed by atoms with Gasteiger partial charge in [0.15, 0.2) is 0 Å². The Bertz CT molecular complexity index is 430. The molecule has 0 heterocycles. The molecule has 1 N–H and O–H groups in total. The van der Waals surface area contributed by atoms with Gasteiger partial charge < -0.3 is 5.11 Å². The Labute approximate surface area is 102 Å². The normalized spacial score (nSPS) is 11.8. The molecule has 1 amide bonds. The van der Waals surface area contributed by atoms with E-state index in [-0.39, 0.29) is 5.56 Å².